The van der Waals surface area contributed by atoms with Gasteiger partial charge < -0.3 is 0 Å². The molecular formula is C22H22BrF9O6S3. The molecule has 1 aromatic carbocycles. The molecule has 5 rings (SSSR count). The summed E-state index contributed by atoms with van der Waals surface area (Å²) >= 11 is 3.16. The third-order valence-corrected chi connectivity index (χ3v) is 14.0. The Morgan fingerprint density at radius 2 is 0.805 bits per heavy atom. The van der Waals surface area contributed by atoms with Crippen molar-refractivity contribution in [2.24, 2.45) is 16.2 Å². The molecule has 0 atom stereocenters. The van der Waals surface area contributed by atoms with Gasteiger partial charge in [0, 0.05) is 4.47 Å². The van der Waals surface area contributed by atoms with Gasteiger partial charge in [0.1, 0.15) is 0 Å². The minimum atomic E-state index is -6.02. The fourth-order valence-corrected chi connectivity index (χ4v) is 12.4. The van der Waals surface area contributed by atoms with Gasteiger partial charge in [-0.3, -0.25) is 0 Å². The van der Waals surface area contributed by atoms with Crippen LogP contribution in [0.4, 0.5) is 39.5 Å². The van der Waals surface area contributed by atoms with E-state index >= 15 is 0 Å². The van der Waals surface area contributed by atoms with Crippen LogP contribution in [0.3, 0.4) is 0 Å². The molecule has 4 aliphatic rings. The van der Waals surface area contributed by atoms with E-state index in [0.717, 1.165) is 0 Å². The molecule has 0 spiro atoms. The van der Waals surface area contributed by atoms with Gasteiger partial charge >= 0.3 is 16.5 Å². The van der Waals surface area contributed by atoms with Crippen molar-refractivity contribution in [2.45, 2.75) is 60.5 Å². The van der Waals surface area contributed by atoms with Crippen molar-refractivity contribution < 1.29 is 64.8 Å². The van der Waals surface area contributed by atoms with Gasteiger partial charge in [0.2, 0.25) is 29.5 Å². The molecule has 234 valence electrons. The van der Waals surface area contributed by atoms with Crippen molar-refractivity contribution in [1.29, 1.82) is 0 Å². The standard InChI is InChI=1S/C22H22BrF9O6S3/c23-15-3-1-14(2-4-15)19-8-16(11-39(33,34)20(24,25)26)5-17(9-19,12-40(35,36)21(27,28)29)7-18(6-16,10-19)13-41(37,38)22(30,31)32/h1-4H,5-13H2. The summed E-state index contributed by atoms with van der Waals surface area (Å²) in [6.07, 6.45) is -3.72. The van der Waals surface area contributed by atoms with E-state index in [1.165, 1.54) is 24.3 Å². The van der Waals surface area contributed by atoms with Crippen molar-refractivity contribution in [3.05, 3.63) is 34.3 Å². The number of benzene rings is 1. The second kappa shape index (κ2) is 9.22. The smallest absolute Gasteiger partial charge is 0.220 e. The lowest BCUT2D eigenvalue weighted by molar-refractivity contribution is -0.151. The lowest BCUT2D eigenvalue weighted by atomic mass is 9.35. The number of hydrogen-bond donors (Lipinski definition) is 0. The van der Waals surface area contributed by atoms with Crippen LogP contribution in [0.25, 0.3) is 0 Å². The molecule has 0 N–H and O–H groups in total. The molecule has 41 heavy (non-hydrogen) atoms. The Morgan fingerprint density at radius 1 is 0.537 bits per heavy atom. The topological polar surface area (TPSA) is 102 Å². The van der Waals surface area contributed by atoms with Crippen molar-refractivity contribution in [2.75, 3.05) is 17.3 Å². The van der Waals surface area contributed by atoms with Crippen LogP contribution in [0.5, 0.6) is 0 Å². The first-order valence-electron chi connectivity index (χ1n) is 11.7. The van der Waals surface area contributed by atoms with E-state index in [4.69, 9.17) is 0 Å². The Bertz CT molecular complexity index is 1390. The van der Waals surface area contributed by atoms with Crippen molar-refractivity contribution in [3.63, 3.8) is 0 Å². The minimum absolute atomic E-state index is 0.205. The van der Waals surface area contributed by atoms with Gasteiger partial charge in [-0.25, -0.2) is 25.3 Å². The third-order valence-electron chi connectivity index (χ3n) is 8.39. The SMILES string of the molecule is O=S(=O)(CC12CC3(CS(=O)(=O)C(F)(F)F)CC(CS(=O)(=O)C(F)(F)F)(C1)CC(c1ccc(Br)cc1)(C2)C3)C(F)(F)F. The van der Waals surface area contributed by atoms with Crippen molar-refractivity contribution in [1.82, 2.24) is 0 Å². The second-order valence-corrected chi connectivity index (χ2v) is 18.8. The molecule has 4 saturated carbocycles. The highest BCUT2D eigenvalue weighted by Gasteiger charge is 2.72. The van der Waals surface area contributed by atoms with Gasteiger partial charge in [0.05, 0.1) is 17.3 Å². The molecule has 0 saturated heterocycles. The average molecular weight is 729 g/mol. The van der Waals surface area contributed by atoms with E-state index < -0.39 is 123 Å². The van der Waals surface area contributed by atoms with Crippen LogP contribution in [0.1, 0.15) is 44.1 Å². The first kappa shape index (κ1) is 32.8. The summed E-state index contributed by atoms with van der Waals surface area (Å²) in [6.45, 7) is 0. The molecule has 1 aromatic rings. The second-order valence-electron chi connectivity index (χ2n) is 12.0. The van der Waals surface area contributed by atoms with Gasteiger partial charge in [-0.15, -0.1) is 0 Å². The Hall–Kier alpha value is -1.08. The molecule has 0 unspecified atom stereocenters. The van der Waals surface area contributed by atoms with Crippen LogP contribution < -0.4 is 0 Å². The fourth-order valence-electron chi connectivity index (χ4n) is 8.31. The quantitative estimate of drug-likeness (QED) is 0.328. The normalized spacial score (nSPS) is 32.8. The third kappa shape index (κ3) is 5.77. The predicted molar refractivity (Wildman–Crippen MR) is 130 cm³/mol. The predicted octanol–water partition coefficient (Wildman–Crippen LogP) is 5.83. The zero-order valence-electron chi connectivity index (χ0n) is 20.6. The van der Waals surface area contributed by atoms with Crippen LogP contribution >= 0.6 is 15.9 Å². The molecular weight excluding hydrogens is 707 g/mol. The largest absolute Gasteiger partial charge is 0.497 e. The maximum absolute atomic E-state index is 13.5. The number of sulfone groups is 3. The molecule has 6 nitrogen and oxygen atoms in total. The zero-order chi connectivity index (χ0) is 31.3. The fraction of sp³-hybridized carbons (Fsp3) is 0.727. The number of hydrogen-bond acceptors (Lipinski definition) is 6. The maximum Gasteiger partial charge on any atom is 0.497 e. The Labute approximate surface area is 237 Å². The highest BCUT2D eigenvalue weighted by molar-refractivity contribution is 9.10. The van der Waals surface area contributed by atoms with Crippen LogP contribution in [0, 0.1) is 16.2 Å². The number of alkyl halides is 9. The molecule has 0 heterocycles. The molecule has 4 bridgehead atoms. The van der Waals surface area contributed by atoms with E-state index in [1.54, 1.807) is 0 Å². The zero-order valence-corrected chi connectivity index (χ0v) is 24.7. The Kier molecular flexibility index (Phi) is 7.38. The molecule has 4 fully saturated rings. The van der Waals surface area contributed by atoms with Gasteiger partial charge in [0.15, 0.2) is 0 Å². The summed E-state index contributed by atoms with van der Waals surface area (Å²) in [6, 6.07) is 5.65. The number of rotatable bonds is 7. The first-order valence-corrected chi connectivity index (χ1v) is 17.5. The van der Waals surface area contributed by atoms with Crippen LogP contribution in [-0.4, -0.2) is 59.0 Å². The van der Waals surface area contributed by atoms with Crippen LogP contribution in [0.2, 0.25) is 0 Å². The number of halogens is 10. The molecule has 4 aliphatic carbocycles. The molecule has 0 aliphatic heterocycles. The van der Waals surface area contributed by atoms with Crippen LogP contribution in [-0.2, 0) is 34.9 Å². The highest BCUT2D eigenvalue weighted by atomic mass is 79.9. The maximum atomic E-state index is 13.5. The van der Waals surface area contributed by atoms with E-state index in [0.29, 0.717) is 4.47 Å². The minimum Gasteiger partial charge on any atom is -0.220 e. The summed E-state index contributed by atoms with van der Waals surface area (Å²) in [5.41, 5.74) is -25.4. The molecule has 0 radical (unpaired) electrons. The van der Waals surface area contributed by atoms with E-state index in [2.05, 4.69) is 15.9 Å². The van der Waals surface area contributed by atoms with Crippen molar-refractivity contribution >= 4 is 45.4 Å². The van der Waals surface area contributed by atoms with Gasteiger partial charge in [0.25, 0.3) is 0 Å². The van der Waals surface area contributed by atoms with Gasteiger partial charge in [-0.2, -0.15) is 39.5 Å². The van der Waals surface area contributed by atoms with Crippen LogP contribution in [0.15, 0.2) is 28.7 Å². The monoisotopic (exact) mass is 728 g/mol. The molecule has 19 heteroatoms. The lowest BCUT2D eigenvalue weighted by Gasteiger charge is -2.70. The molecule has 0 aromatic heterocycles. The summed E-state index contributed by atoms with van der Waals surface area (Å²) in [5.74, 6) is -5.24. The summed E-state index contributed by atoms with van der Waals surface area (Å²) in [5, 5.41) is 0. The first-order chi connectivity index (χ1) is 18.1. The lowest BCUT2D eigenvalue weighted by Crippen LogP contribution is -2.67. The van der Waals surface area contributed by atoms with Crippen molar-refractivity contribution in [3.8, 4) is 0 Å². The van der Waals surface area contributed by atoms with Gasteiger partial charge in [-0.05, 0) is 77.9 Å². The van der Waals surface area contributed by atoms with E-state index in [9.17, 15) is 64.8 Å². The summed E-state index contributed by atoms with van der Waals surface area (Å²) < 4.78 is 197. The summed E-state index contributed by atoms with van der Waals surface area (Å²) in [4.78, 5) is 0. The Morgan fingerprint density at radius 3 is 1.05 bits per heavy atom. The van der Waals surface area contributed by atoms with E-state index in [-0.39, 0.29) is 5.56 Å². The van der Waals surface area contributed by atoms with E-state index in [1.807, 2.05) is 0 Å². The highest BCUT2D eigenvalue weighted by Crippen LogP contribution is 2.75. The average Bonchev–Trinajstić information content (AvgIpc) is 2.68. The molecule has 0 amide bonds. The van der Waals surface area contributed by atoms with Gasteiger partial charge in [-0.1, -0.05) is 28.1 Å². The Balaban J connectivity index is 2.00. The summed E-state index contributed by atoms with van der Waals surface area (Å²) in [7, 11) is -18.1.